The summed E-state index contributed by atoms with van der Waals surface area (Å²) in [7, 11) is 1.92. The SMILES string of the molecule is CCCCOc1ccccc1C(c1sc2ncnn2c1O)N(C)CCO. The van der Waals surface area contributed by atoms with E-state index < -0.39 is 0 Å². The molecule has 2 aromatic heterocycles. The maximum atomic E-state index is 10.7. The number of aromatic nitrogens is 3. The number of rotatable bonds is 9. The Morgan fingerprint density at radius 2 is 2.15 bits per heavy atom. The molecule has 26 heavy (non-hydrogen) atoms. The second-order valence-electron chi connectivity index (χ2n) is 6.09. The Morgan fingerprint density at radius 3 is 2.88 bits per heavy atom. The molecule has 1 aromatic carbocycles. The van der Waals surface area contributed by atoms with Gasteiger partial charge in [0.05, 0.1) is 24.1 Å². The first-order valence-electron chi connectivity index (χ1n) is 8.71. The maximum Gasteiger partial charge on any atom is 0.230 e. The molecule has 0 amide bonds. The molecule has 0 spiro atoms. The zero-order valence-electron chi connectivity index (χ0n) is 15.0. The van der Waals surface area contributed by atoms with Gasteiger partial charge in [0.1, 0.15) is 12.1 Å². The highest BCUT2D eigenvalue weighted by Crippen LogP contribution is 2.41. The second kappa shape index (κ2) is 8.48. The summed E-state index contributed by atoms with van der Waals surface area (Å²) in [5, 5.41) is 24.2. The van der Waals surface area contributed by atoms with Crippen LogP contribution < -0.4 is 4.74 Å². The van der Waals surface area contributed by atoms with E-state index in [1.165, 1.54) is 22.2 Å². The minimum absolute atomic E-state index is 0.0212. The lowest BCUT2D eigenvalue weighted by atomic mass is 10.0. The highest BCUT2D eigenvalue weighted by atomic mass is 32.1. The summed E-state index contributed by atoms with van der Waals surface area (Å²) in [6.45, 7) is 3.25. The van der Waals surface area contributed by atoms with Crippen molar-refractivity contribution in [2.75, 3.05) is 26.8 Å². The summed E-state index contributed by atoms with van der Waals surface area (Å²) in [5.41, 5.74) is 0.944. The van der Waals surface area contributed by atoms with Crippen LogP contribution in [0.5, 0.6) is 11.6 Å². The first-order chi connectivity index (χ1) is 12.7. The minimum Gasteiger partial charge on any atom is -0.493 e. The fourth-order valence-corrected chi connectivity index (χ4v) is 4.02. The number of hydrogen-bond donors (Lipinski definition) is 2. The lowest BCUT2D eigenvalue weighted by molar-refractivity contribution is 0.193. The topological polar surface area (TPSA) is 83.1 Å². The average Bonchev–Trinajstić information content (AvgIpc) is 3.21. The number of aliphatic hydroxyl groups is 1. The minimum atomic E-state index is -0.270. The van der Waals surface area contributed by atoms with Gasteiger partial charge >= 0.3 is 0 Å². The molecule has 0 bridgehead atoms. The van der Waals surface area contributed by atoms with Crippen molar-refractivity contribution in [3.05, 3.63) is 41.0 Å². The number of hydrogen-bond acceptors (Lipinski definition) is 7. The van der Waals surface area contributed by atoms with Crippen LogP contribution in [-0.2, 0) is 0 Å². The predicted molar refractivity (Wildman–Crippen MR) is 101 cm³/mol. The molecule has 0 radical (unpaired) electrons. The number of ether oxygens (including phenoxy) is 1. The highest BCUT2D eigenvalue weighted by molar-refractivity contribution is 7.17. The molecule has 0 aliphatic heterocycles. The molecule has 0 saturated carbocycles. The lowest BCUT2D eigenvalue weighted by Crippen LogP contribution is -2.28. The van der Waals surface area contributed by atoms with Gasteiger partial charge in [-0.15, -0.1) is 0 Å². The van der Waals surface area contributed by atoms with Gasteiger partial charge in [-0.05, 0) is 19.5 Å². The number of benzene rings is 1. The zero-order chi connectivity index (χ0) is 18.5. The predicted octanol–water partition coefficient (Wildman–Crippen LogP) is 2.69. The number of aromatic hydroxyl groups is 1. The van der Waals surface area contributed by atoms with Crippen molar-refractivity contribution in [3.63, 3.8) is 0 Å². The molecule has 3 aromatic rings. The molecule has 1 atom stereocenters. The Morgan fingerprint density at radius 1 is 1.35 bits per heavy atom. The van der Waals surface area contributed by atoms with Gasteiger partial charge in [0.15, 0.2) is 0 Å². The third kappa shape index (κ3) is 3.67. The molecule has 7 nitrogen and oxygen atoms in total. The van der Waals surface area contributed by atoms with E-state index in [2.05, 4.69) is 17.0 Å². The van der Waals surface area contributed by atoms with E-state index in [0.29, 0.717) is 18.1 Å². The molecule has 1 unspecified atom stereocenters. The van der Waals surface area contributed by atoms with Gasteiger partial charge in [-0.2, -0.15) is 9.61 Å². The third-order valence-corrected chi connectivity index (χ3v) is 5.34. The molecule has 0 saturated heterocycles. The van der Waals surface area contributed by atoms with Gasteiger partial charge in [0.2, 0.25) is 10.8 Å². The number of aliphatic hydroxyl groups excluding tert-OH is 1. The first kappa shape index (κ1) is 18.6. The van der Waals surface area contributed by atoms with Crippen molar-refractivity contribution in [3.8, 4) is 11.6 Å². The molecule has 0 fully saturated rings. The molecule has 140 valence electrons. The third-order valence-electron chi connectivity index (χ3n) is 4.25. The summed E-state index contributed by atoms with van der Waals surface area (Å²) in [6.07, 6.45) is 3.46. The Kier molecular flexibility index (Phi) is 6.08. The van der Waals surface area contributed by atoms with Crippen LogP contribution in [0.25, 0.3) is 4.96 Å². The quantitative estimate of drug-likeness (QED) is 0.559. The van der Waals surface area contributed by atoms with Crippen molar-refractivity contribution >= 4 is 16.3 Å². The zero-order valence-corrected chi connectivity index (χ0v) is 15.8. The van der Waals surface area contributed by atoms with Crippen molar-refractivity contribution in [2.24, 2.45) is 0 Å². The number of para-hydroxylation sites is 1. The summed E-state index contributed by atoms with van der Waals surface area (Å²) >= 11 is 1.39. The van der Waals surface area contributed by atoms with E-state index in [1.807, 2.05) is 36.2 Å². The van der Waals surface area contributed by atoms with E-state index in [-0.39, 0.29) is 18.5 Å². The molecular formula is C18H24N4O3S. The van der Waals surface area contributed by atoms with Gasteiger partial charge in [-0.1, -0.05) is 42.9 Å². The number of thiazole rings is 1. The molecule has 3 rings (SSSR count). The highest BCUT2D eigenvalue weighted by Gasteiger charge is 2.29. The normalized spacial score (nSPS) is 12.8. The van der Waals surface area contributed by atoms with E-state index in [1.54, 1.807) is 0 Å². The summed E-state index contributed by atoms with van der Waals surface area (Å²) in [5.74, 6) is 0.856. The molecular weight excluding hydrogens is 352 g/mol. The van der Waals surface area contributed by atoms with Gasteiger partial charge in [0.25, 0.3) is 0 Å². The van der Waals surface area contributed by atoms with E-state index in [4.69, 9.17) is 4.74 Å². The Bertz CT molecular complexity index is 848. The van der Waals surface area contributed by atoms with Crippen molar-refractivity contribution < 1.29 is 14.9 Å². The van der Waals surface area contributed by atoms with Gasteiger partial charge < -0.3 is 14.9 Å². The van der Waals surface area contributed by atoms with Gasteiger partial charge in [-0.25, -0.2) is 4.98 Å². The van der Waals surface area contributed by atoms with Crippen LogP contribution in [0.1, 0.15) is 36.2 Å². The van der Waals surface area contributed by atoms with E-state index in [0.717, 1.165) is 29.0 Å². The Hall–Kier alpha value is -2.16. The van der Waals surface area contributed by atoms with Crippen LogP contribution in [-0.4, -0.2) is 56.5 Å². The standard InChI is InChI=1S/C18H24N4O3S/c1-3-4-11-25-14-8-6-5-7-13(14)15(21(2)9-10-23)16-17(24)22-18(26-16)19-12-20-22/h5-8,12,15,23-24H,3-4,9-11H2,1-2H3. The lowest BCUT2D eigenvalue weighted by Gasteiger charge is -2.28. The average molecular weight is 376 g/mol. The number of unbranched alkanes of at least 4 members (excludes halogenated alkanes) is 1. The summed E-state index contributed by atoms with van der Waals surface area (Å²) in [4.78, 5) is 7.52. The van der Waals surface area contributed by atoms with Crippen LogP contribution in [0.3, 0.4) is 0 Å². The van der Waals surface area contributed by atoms with Crippen LogP contribution in [0, 0.1) is 0 Å². The van der Waals surface area contributed by atoms with Crippen molar-refractivity contribution in [2.45, 2.75) is 25.8 Å². The first-order valence-corrected chi connectivity index (χ1v) is 9.53. The van der Waals surface area contributed by atoms with E-state index in [9.17, 15) is 10.2 Å². The second-order valence-corrected chi connectivity index (χ2v) is 7.10. The van der Waals surface area contributed by atoms with Crippen molar-refractivity contribution in [1.82, 2.24) is 19.5 Å². The molecule has 8 heteroatoms. The number of fused-ring (bicyclic) bond motifs is 1. The summed E-state index contributed by atoms with van der Waals surface area (Å²) in [6, 6.07) is 7.56. The van der Waals surface area contributed by atoms with Gasteiger partial charge in [-0.3, -0.25) is 4.90 Å². The number of likely N-dealkylation sites (N-methyl/N-ethyl adjacent to an activating group) is 1. The molecule has 2 heterocycles. The van der Waals surface area contributed by atoms with E-state index >= 15 is 0 Å². The fourth-order valence-electron chi connectivity index (χ4n) is 2.90. The molecule has 0 aliphatic rings. The van der Waals surface area contributed by atoms with Crippen LogP contribution >= 0.6 is 11.3 Å². The van der Waals surface area contributed by atoms with Crippen LogP contribution in [0.15, 0.2) is 30.6 Å². The maximum absolute atomic E-state index is 10.7. The van der Waals surface area contributed by atoms with Gasteiger partial charge in [0, 0.05) is 12.1 Å². The Balaban J connectivity index is 2.04. The fraction of sp³-hybridized carbons (Fsp3) is 0.444. The Labute approximate surface area is 156 Å². The van der Waals surface area contributed by atoms with Crippen LogP contribution in [0.2, 0.25) is 0 Å². The smallest absolute Gasteiger partial charge is 0.230 e. The molecule has 2 N–H and O–H groups in total. The molecule has 0 aliphatic carbocycles. The largest absolute Gasteiger partial charge is 0.493 e. The summed E-state index contributed by atoms with van der Waals surface area (Å²) < 4.78 is 7.43. The van der Waals surface area contributed by atoms with Crippen molar-refractivity contribution in [1.29, 1.82) is 0 Å². The number of nitrogens with zero attached hydrogens (tertiary/aromatic N) is 4. The monoisotopic (exact) mass is 376 g/mol. The van der Waals surface area contributed by atoms with Crippen LogP contribution in [0.4, 0.5) is 0 Å².